The molecule has 0 N–H and O–H groups in total. The Morgan fingerprint density at radius 2 is 0.983 bits per heavy atom. The molecule has 0 saturated carbocycles. The van der Waals surface area contributed by atoms with Gasteiger partial charge >= 0.3 is 0 Å². The number of nitrogens with zero attached hydrogens (tertiary/aromatic N) is 2. The van der Waals surface area contributed by atoms with Crippen LogP contribution in [0.3, 0.4) is 0 Å². The van der Waals surface area contributed by atoms with E-state index in [4.69, 9.17) is 0 Å². The Bertz CT molecular complexity index is 3540. The van der Waals surface area contributed by atoms with Crippen LogP contribution in [0.5, 0.6) is 0 Å². The van der Waals surface area contributed by atoms with E-state index >= 15 is 0 Å². The molecule has 10 aromatic carbocycles. The number of anilines is 3. The molecular weight excluding hydrogens is 733 g/mol. The van der Waals surface area contributed by atoms with Crippen LogP contribution in [0.4, 0.5) is 17.1 Å². The second-order valence-corrected chi connectivity index (χ2v) is 16.3. The van der Waals surface area contributed by atoms with E-state index in [0.29, 0.717) is 0 Å². The van der Waals surface area contributed by atoms with E-state index < -0.39 is 0 Å². The molecule has 0 atom stereocenters. The van der Waals surface area contributed by atoms with Crippen LogP contribution in [-0.2, 0) is 0 Å². The lowest BCUT2D eigenvalue weighted by Crippen LogP contribution is -2.10. The molecular formula is C56H36N2S. The zero-order chi connectivity index (χ0) is 38.9. The molecule has 0 aliphatic rings. The van der Waals surface area contributed by atoms with Crippen LogP contribution >= 0.6 is 11.3 Å². The summed E-state index contributed by atoms with van der Waals surface area (Å²) in [6.07, 6.45) is 0. The fourth-order valence-corrected chi connectivity index (χ4v) is 10.5. The summed E-state index contributed by atoms with van der Waals surface area (Å²) in [4.78, 5) is 2.43. The molecule has 12 aromatic rings. The van der Waals surface area contributed by atoms with Gasteiger partial charge in [0.2, 0.25) is 0 Å². The maximum Gasteiger partial charge on any atom is 0.0546 e. The van der Waals surface area contributed by atoms with E-state index in [1.165, 1.54) is 91.5 Å². The molecule has 0 amide bonds. The van der Waals surface area contributed by atoms with Crippen molar-refractivity contribution in [1.29, 1.82) is 0 Å². The Kier molecular flexibility index (Phi) is 7.75. The number of hydrogen-bond donors (Lipinski definition) is 0. The molecule has 0 unspecified atom stereocenters. The van der Waals surface area contributed by atoms with E-state index in [2.05, 4.69) is 228 Å². The largest absolute Gasteiger partial charge is 0.310 e. The molecule has 0 aliphatic heterocycles. The van der Waals surface area contributed by atoms with E-state index in [0.717, 1.165) is 17.1 Å². The maximum absolute atomic E-state index is 2.43. The van der Waals surface area contributed by atoms with Crippen LogP contribution in [-0.4, -0.2) is 4.57 Å². The van der Waals surface area contributed by atoms with Crippen molar-refractivity contribution in [1.82, 2.24) is 4.57 Å². The van der Waals surface area contributed by atoms with Crippen molar-refractivity contribution in [2.24, 2.45) is 0 Å². The van der Waals surface area contributed by atoms with Gasteiger partial charge in [0.15, 0.2) is 0 Å². The van der Waals surface area contributed by atoms with Crippen molar-refractivity contribution in [2.45, 2.75) is 0 Å². The predicted molar refractivity (Wildman–Crippen MR) is 254 cm³/mol. The SMILES string of the molecule is c1ccc(-n2c3ccccc3c3cc(-c4ccc(N(c5ccc(-c6cccc7c6sc6ccccc67)cc5)c5cccc6ccc7ccccc7c56)cc4)ccc32)cc1. The van der Waals surface area contributed by atoms with Crippen LogP contribution in [0.1, 0.15) is 0 Å². The number of rotatable bonds is 6. The molecule has 0 saturated heterocycles. The lowest BCUT2D eigenvalue weighted by atomic mass is 9.98. The molecule has 0 radical (unpaired) electrons. The van der Waals surface area contributed by atoms with Crippen LogP contribution in [0.15, 0.2) is 218 Å². The standard InChI is InChI=1S/C56H36N2S/c1-2-14-42(15-3-1)58-51-21-8-6-17-47(51)50-36-41(30-35-52(50)58)37-26-31-43(32-27-37)57(53-22-10-13-40-25-24-38-12-4-5-16-45(38)55(40)53)44-33-28-39(29-34-44)46-19-11-20-49-48-18-7-9-23-54(48)59-56(46)49/h1-36H. The van der Waals surface area contributed by atoms with E-state index in [1.54, 1.807) is 0 Å². The zero-order valence-corrected chi connectivity index (χ0v) is 32.9. The fraction of sp³-hybridized carbons (Fsp3) is 0. The number of benzene rings is 10. The van der Waals surface area contributed by atoms with Crippen LogP contribution in [0, 0.1) is 0 Å². The monoisotopic (exact) mass is 768 g/mol. The molecule has 12 rings (SSSR count). The second kappa shape index (κ2) is 13.6. The van der Waals surface area contributed by atoms with Gasteiger partial charge in [0.1, 0.15) is 0 Å². The summed E-state index contributed by atoms with van der Waals surface area (Å²) in [5.41, 5.74) is 11.8. The number of fused-ring (bicyclic) bond motifs is 9. The number of hydrogen-bond acceptors (Lipinski definition) is 2. The molecule has 0 spiro atoms. The molecule has 59 heavy (non-hydrogen) atoms. The number of para-hydroxylation sites is 2. The van der Waals surface area contributed by atoms with Crippen LogP contribution in [0.25, 0.3) is 91.5 Å². The van der Waals surface area contributed by atoms with Gasteiger partial charge in [-0.2, -0.15) is 0 Å². The van der Waals surface area contributed by atoms with E-state index in [9.17, 15) is 0 Å². The molecule has 0 fully saturated rings. The minimum Gasteiger partial charge on any atom is -0.310 e. The Hall–Kier alpha value is -7.46. The molecule has 2 heterocycles. The first-order chi connectivity index (χ1) is 29.3. The number of thiophene rings is 1. The predicted octanol–water partition coefficient (Wildman–Crippen LogP) is 16.3. The van der Waals surface area contributed by atoms with Crippen molar-refractivity contribution >= 4 is 91.9 Å². The fourth-order valence-electron chi connectivity index (χ4n) is 9.23. The quantitative estimate of drug-likeness (QED) is 0.153. The summed E-state index contributed by atoms with van der Waals surface area (Å²) in [6, 6.07) is 79.9. The van der Waals surface area contributed by atoms with Gasteiger partial charge in [-0.25, -0.2) is 0 Å². The second-order valence-electron chi connectivity index (χ2n) is 15.3. The minimum atomic E-state index is 1.11. The smallest absolute Gasteiger partial charge is 0.0546 e. The molecule has 2 aromatic heterocycles. The lowest BCUT2D eigenvalue weighted by Gasteiger charge is -2.28. The topological polar surface area (TPSA) is 8.17 Å². The first-order valence-corrected chi connectivity index (χ1v) is 21.0. The first-order valence-electron chi connectivity index (χ1n) is 20.2. The highest BCUT2D eigenvalue weighted by Gasteiger charge is 2.19. The third kappa shape index (κ3) is 5.47. The highest BCUT2D eigenvalue weighted by atomic mass is 32.1. The van der Waals surface area contributed by atoms with Gasteiger partial charge in [-0.05, 0) is 105 Å². The molecule has 2 nitrogen and oxygen atoms in total. The van der Waals surface area contributed by atoms with Crippen LogP contribution < -0.4 is 4.90 Å². The molecule has 0 aliphatic carbocycles. The Morgan fingerprint density at radius 1 is 0.373 bits per heavy atom. The molecule has 0 bridgehead atoms. The summed E-state index contributed by atoms with van der Waals surface area (Å²) < 4.78 is 5.03. The van der Waals surface area contributed by atoms with Crippen molar-refractivity contribution in [3.05, 3.63) is 218 Å². The minimum absolute atomic E-state index is 1.11. The van der Waals surface area contributed by atoms with Crippen molar-refractivity contribution in [3.8, 4) is 27.9 Å². The van der Waals surface area contributed by atoms with Gasteiger partial charge in [0.25, 0.3) is 0 Å². The highest BCUT2D eigenvalue weighted by molar-refractivity contribution is 7.26. The third-order valence-corrected chi connectivity index (χ3v) is 13.2. The average molecular weight is 769 g/mol. The maximum atomic E-state index is 2.43. The molecule has 3 heteroatoms. The summed E-state index contributed by atoms with van der Waals surface area (Å²) in [6.45, 7) is 0. The lowest BCUT2D eigenvalue weighted by molar-refractivity contribution is 1.18. The summed E-state index contributed by atoms with van der Waals surface area (Å²) in [7, 11) is 0. The Morgan fingerprint density at radius 3 is 1.81 bits per heavy atom. The van der Waals surface area contributed by atoms with Crippen molar-refractivity contribution in [2.75, 3.05) is 4.90 Å². The summed E-state index contributed by atoms with van der Waals surface area (Å²) in [5.74, 6) is 0. The Labute approximate surface area is 346 Å². The van der Waals surface area contributed by atoms with Gasteiger partial charge in [0.05, 0.1) is 16.7 Å². The first kappa shape index (κ1) is 33.7. The summed E-state index contributed by atoms with van der Waals surface area (Å²) in [5, 5.41) is 10.1. The average Bonchev–Trinajstić information content (AvgIpc) is 3.86. The van der Waals surface area contributed by atoms with Crippen molar-refractivity contribution in [3.63, 3.8) is 0 Å². The zero-order valence-electron chi connectivity index (χ0n) is 32.1. The van der Waals surface area contributed by atoms with Gasteiger partial charge in [-0.15, -0.1) is 11.3 Å². The van der Waals surface area contributed by atoms with Gasteiger partial charge in [0, 0.05) is 53.4 Å². The molecule has 276 valence electrons. The third-order valence-electron chi connectivity index (χ3n) is 12.0. The summed E-state index contributed by atoms with van der Waals surface area (Å²) >= 11 is 1.88. The van der Waals surface area contributed by atoms with Gasteiger partial charge in [-0.1, -0.05) is 152 Å². The Balaban J connectivity index is 0.993. The van der Waals surface area contributed by atoms with Gasteiger partial charge in [-0.3, -0.25) is 0 Å². The van der Waals surface area contributed by atoms with E-state index in [1.807, 2.05) is 11.3 Å². The normalized spacial score (nSPS) is 11.7. The van der Waals surface area contributed by atoms with Crippen molar-refractivity contribution < 1.29 is 0 Å². The van der Waals surface area contributed by atoms with E-state index in [-0.39, 0.29) is 0 Å². The van der Waals surface area contributed by atoms with Gasteiger partial charge < -0.3 is 9.47 Å². The highest BCUT2D eigenvalue weighted by Crippen LogP contribution is 2.45. The number of aromatic nitrogens is 1. The van der Waals surface area contributed by atoms with Crippen LogP contribution in [0.2, 0.25) is 0 Å².